The lowest BCUT2D eigenvalue weighted by molar-refractivity contribution is -0.186. The molecule has 1 aromatic heterocycles. The zero-order valence-electron chi connectivity index (χ0n) is 9.71. The van der Waals surface area contributed by atoms with E-state index in [-0.39, 0.29) is 24.8 Å². The minimum Gasteiger partial charge on any atom is -0.323 e. The van der Waals surface area contributed by atoms with Crippen LogP contribution < -0.4 is 5.73 Å². The van der Waals surface area contributed by atoms with Crippen LogP contribution in [0.3, 0.4) is 0 Å². The summed E-state index contributed by atoms with van der Waals surface area (Å²) in [5.41, 5.74) is 6.13. The molecular weight excluding hydrogens is 327 g/mol. The molecule has 2 N–H and O–H groups in total. The molecule has 0 saturated heterocycles. The van der Waals surface area contributed by atoms with Crippen molar-refractivity contribution >= 4 is 27.3 Å². The Morgan fingerprint density at radius 2 is 2.11 bits per heavy atom. The second-order valence-electron chi connectivity index (χ2n) is 4.82. The van der Waals surface area contributed by atoms with Crippen LogP contribution in [0.2, 0.25) is 0 Å². The second kappa shape index (κ2) is 5.51. The average molecular weight is 342 g/mol. The molecule has 3 atom stereocenters. The summed E-state index contributed by atoms with van der Waals surface area (Å²) in [7, 11) is 0. The SMILES string of the molecule is NC(c1sccc1Br)C1CCCC(C(F)(F)F)C1. The maximum Gasteiger partial charge on any atom is 0.391 e. The lowest BCUT2D eigenvalue weighted by atomic mass is 9.77. The highest BCUT2D eigenvalue weighted by Gasteiger charge is 2.43. The van der Waals surface area contributed by atoms with Crippen LogP contribution in [0.5, 0.6) is 0 Å². The summed E-state index contributed by atoms with van der Waals surface area (Å²) in [4.78, 5) is 0.961. The van der Waals surface area contributed by atoms with Gasteiger partial charge in [0.25, 0.3) is 0 Å². The van der Waals surface area contributed by atoms with Crippen molar-refractivity contribution in [2.45, 2.75) is 37.9 Å². The molecule has 1 aliphatic carbocycles. The fourth-order valence-electron chi connectivity index (χ4n) is 2.61. The molecular formula is C12H15BrF3NS. The van der Waals surface area contributed by atoms with Crippen molar-refractivity contribution in [1.82, 2.24) is 0 Å². The summed E-state index contributed by atoms with van der Waals surface area (Å²) >= 11 is 4.90. The van der Waals surface area contributed by atoms with Gasteiger partial charge in [0.05, 0.1) is 5.92 Å². The molecule has 0 radical (unpaired) electrons. The minimum absolute atomic E-state index is 0.0691. The van der Waals surface area contributed by atoms with E-state index in [4.69, 9.17) is 5.73 Å². The molecule has 2 rings (SSSR count). The Balaban J connectivity index is 2.07. The van der Waals surface area contributed by atoms with Crippen LogP contribution in [-0.4, -0.2) is 6.18 Å². The molecule has 18 heavy (non-hydrogen) atoms. The van der Waals surface area contributed by atoms with Gasteiger partial charge in [-0.05, 0) is 52.6 Å². The van der Waals surface area contributed by atoms with Crippen LogP contribution in [0.25, 0.3) is 0 Å². The summed E-state index contributed by atoms with van der Waals surface area (Å²) in [5.74, 6) is -1.25. The number of hydrogen-bond donors (Lipinski definition) is 1. The minimum atomic E-state index is -4.08. The molecule has 102 valence electrons. The van der Waals surface area contributed by atoms with Crippen molar-refractivity contribution in [1.29, 1.82) is 0 Å². The zero-order valence-corrected chi connectivity index (χ0v) is 12.1. The Labute approximate surface area is 117 Å². The number of thiophene rings is 1. The first-order valence-corrected chi connectivity index (χ1v) is 7.62. The van der Waals surface area contributed by atoms with E-state index in [1.165, 1.54) is 11.3 Å². The predicted molar refractivity (Wildman–Crippen MR) is 70.5 cm³/mol. The molecule has 0 bridgehead atoms. The molecule has 1 fully saturated rings. The van der Waals surface area contributed by atoms with E-state index in [0.717, 1.165) is 15.8 Å². The molecule has 1 heterocycles. The van der Waals surface area contributed by atoms with Gasteiger partial charge in [-0.3, -0.25) is 0 Å². The Morgan fingerprint density at radius 1 is 1.39 bits per heavy atom. The first-order chi connectivity index (χ1) is 8.39. The normalized spacial score (nSPS) is 27.2. The zero-order chi connectivity index (χ0) is 13.3. The van der Waals surface area contributed by atoms with Crippen LogP contribution in [0, 0.1) is 11.8 Å². The first kappa shape index (κ1) is 14.3. The van der Waals surface area contributed by atoms with Gasteiger partial charge in [-0.1, -0.05) is 6.42 Å². The summed E-state index contributed by atoms with van der Waals surface area (Å²) in [6, 6.07) is 1.61. The Kier molecular flexibility index (Phi) is 4.39. The van der Waals surface area contributed by atoms with E-state index in [1.54, 1.807) is 0 Å². The van der Waals surface area contributed by atoms with Crippen molar-refractivity contribution in [2.75, 3.05) is 0 Å². The third kappa shape index (κ3) is 3.08. The molecule has 1 nitrogen and oxygen atoms in total. The Hall–Kier alpha value is -0.0700. The lowest BCUT2D eigenvalue weighted by Gasteiger charge is -2.33. The van der Waals surface area contributed by atoms with Gasteiger partial charge < -0.3 is 5.73 Å². The molecule has 0 aromatic carbocycles. The fraction of sp³-hybridized carbons (Fsp3) is 0.667. The van der Waals surface area contributed by atoms with E-state index >= 15 is 0 Å². The van der Waals surface area contributed by atoms with Gasteiger partial charge in [0.1, 0.15) is 0 Å². The smallest absolute Gasteiger partial charge is 0.323 e. The predicted octanol–water partition coefficient (Wildman–Crippen LogP) is 4.88. The number of hydrogen-bond acceptors (Lipinski definition) is 2. The summed E-state index contributed by atoms with van der Waals surface area (Å²) in [5, 5.41) is 1.91. The van der Waals surface area contributed by atoms with Crippen molar-refractivity contribution in [3.63, 3.8) is 0 Å². The van der Waals surface area contributed by atoms with Gasteiger partial charge in [-0.15, -0.1) is 11.3 Å². The molecule has 1 aliphatic rings. The highest BCUT2D eigenvalue weighted by molar-refractivity contribution is 9.10. The monoisotopic (exact) mass is 341 g/mol. The molecule has 0 amide bonds. The third-order valence-electron chi connectivity index (χ3n) is 3.63. The molecule has 1 saturated carbocycles. The van der Waals surface area contributed by atoms with Crippen LogP contribution >= 0.6 is 27.3 Å². The average Bonchev–Trinajstić information content (AvgIpc) is 2.73. The molecule has 6 heteroatoms. The van der Waals surface area contributed by atoms with Crippen LogP contribution in [0.1, 0.15) is 36.6 Å². The quantitative estimate of drug-likeness (QED) is 0.815. The number of rotatable bonds is 2. The van der Waals surface area contributed by atoms with Crippen LogP contribution in [-0.2, 0) is 0 Å². The summed E-state index contributed by atoms with van der Waals surface area (Å²) < 4.78 is 39.2. The van der Waals surface area contributed by atoms with E-state index in [9.17, 15) is 13.2 Å². The first-order valence-electron chi connectivity index (χ1n) is 5.94. The van der Waals surface area contributed by atoms with E-state index < -0.39 is 12.1 Å². The molecule has 0 spiro atoms. The number of alkyl halides is 3. The molecule has 0 aliphatic heterocycles. The summed E-state index contributed by atoms with van der Waals surface area (Å²) in [6.07, 6.45) is -2.26. The van der Waals surface area contributed by atoms with Gasteiger partial charge in [0.15, 0.2) is 0 Å². The Morgan fingerprint density at radius 3 is 2.67 bits per heavy atom. The van der Waals surface area contributed by atoms with Crippen LogP contribution in [0.4, 0.5) is 13.2 Å². The van der Waals surface area contributed by atoms with Crippen molar-refractivity contribution in [3.8, 4) is 0 Å². The lowest BCUT2D eigenvalue weighted by Crippen LogP contribution is -2.33. The topological polar surface area (TPSA) is 26.0 Å². The number of nitrogens with two attached hydrogens (primary N) is 1. The van der Waals surface area contributed by atoms with Gasteiger partial charge in [0.2, 0.25) is 0 Å². The third-order valence-corrected chi connectivity index (χ3v) is 5.61. The van der Waals surface area contributed by atoms with Crippen molar-refractivity contribution in [2.24, 2.45) is 17.6 Å². The summed E-state index contributed by atoms with van der Waals surface area (Å²) in [6.45, 7) is 0. The van der Waals surface area contributed by atoms with Crippen molar-refractivity contribution < 1.29 is 13.2 Å². The second-order valence-corrected chi connectivity index (χ2v) is 6.63. The maximum atomic E-state index is 12.8. The van der Waals surface area contributed by atoms with Gasteiger partial charge in [-0.2, -0.15) is 13.2 Å². The van der Waals surface area contributed by atoms with Gasteiger partial charge in [-0.25, -0.2) is 0 Å². The van der Waals surface area contributed by atoms with E-state index in [1.807, 2.05) is 11.4 Å². The highest BCUT2D eigenvalue weighted by Crippen LogP contribution is 2.44. The molecule has 1 aromatic rings. The van der Waals surface area contributed by atoms with Gasteiger partial charge >= 0.3 is 6.18 Å². The van der Waals surface area contributed by atoms with Gasteiger partial charge in [0, 0.05) is 15.4 Å². The standard InChI is InChI=1S/C12H15BrF3NS/c13-9-4-5-18-11(9)10(17)7-2-1-3-8(6-7)12(14,15)16/h4-5,7-8,10H,1-3,6,17H2. The van der Waals surface area contributed by atoms with Crippen molar-refractivity contribution in [3.05, 3.63) is 20.8 Å². The van der Waals surface area contributed by atoms with E-state index in [2.05, 4.69) is 15.9 Å². The highest BCUT2D eigenvalue weighted by atomic mass is 79.9. The van der Waals surface area contributed by atoms with E-state index in [0.29, 0.717) is 6.42 Å². The fourth-order valence-corrected chi connectivity index (χ4v) is 4.34. The largest absolute Gasteiger partial charge is 0.391 e. The Bertz CT molecular complexity index is 404. The molecule has 3 unspecified atom stereocenters. The maximum absolute atomic E-state index is 12.8. The number of halogens is 4. The van der Waals surface area contributed by atoms with Crippen LogP contribution in [0.15, 0.2) is 15.9 Å².